The molecule has 0 aliphatic carbocycles. The van der Waals surface area contributed by atoms with Gasteiger partial charge in [0.2, 0.25) is 0 Å². The molecule has 4 rings (SSSR count). The molecule has 0 bridgehead atoms. The quantitative estimate of drug-likeness (QED) is 0.335. The molecule has 1 aliphatic rings. The van der Waals surface area contributed by atoms with Gasteiger partial charge in [-0.3, -0.25) is 20.1 Å². The third kappa shape index (κ3) is 14.3. The lowest BCUT2D eigenvalue weighted by Gasteiger charge is -2.32. The van der Waals surface area contributed by atoms with Crippen LogP contribution in [0.5, 0.6) is 0 Å². The number of benzene rings is 1. The maximum atomic E-state index is 12.4. The van der Waals surface area contributed by atoms with Gasteiger partial charge in [0.15, 0.2) is 0 Å². The number of nitrogens with zero attached hydrogens (tertiary/aromatic N) is 4. The summed E-state index contributed by atoms with van der Waals surface area (Å²) in [7, 11) is 1.35. The molecule has 0 spiro atoms. The molecule has 13 heteroatoms. The third-order valence-corrected chi connectivity index (χ3v) is 7.91. The molecule has 2 aromatic heterocycles. The molecular formula is C38H53N5O8. The summed E-state index contributed by atoms with van der Waals surface area (Å²) in [5.41, 5.74) is 3.96. The molecule has 1 aliphatic heterocycles. The second-order valence-electron chi connectivity index (χ2n) is 13.1. The molecule has 1 unspecified atom stereocenters. The third-order valence-electron chi connectivity index (χ3n) is 7.91. The lowest BCUT2D eigenvalue weighted by atomic mass is 10.00. The van der Waals surface area contributed by atoms with E-state index in [1.165, 1.54) is 7.11 Å². The summed E-state index contributed by atoms with van der Waals surface area (Å²) < 4.78 is 34.2. The number of methoxy groups -OCH3 is 1. The lowest BCUT2D eigenvalue weighted by Crippen LogP contribution is -2.36. The molecule has 51 heavy (non-hydrogen) atoms. The van der Waals surface area contributed by atoms with Crippen LogP contribution in [-0.4, -0.2) is 124 Å². The van der Waals surface area contributed by atoms with Crippen LogP contribution in [0.4, 0.5) is 10.5 Å². The Morgan fingerprint density at radius 2 is 1.37 bits per heavy atom. The van der Waals surface area contributed by atoms with Crippen LogP contribution in [0, 0.1) is 6.92 Å². The molecule has 1 atom stereocenters. The summed E-state index contributed by atoms with van der Waals surface area (Å²) in [5.74, 6) is -0.461. The standard InChI is InChI=1S/C38H53N5O8/c1-29-8-6-10-33(39-29)35(30-12-14-31(15-13-30)41-37(45)51-38(2,3)4)43-18-22-49-26-24-47-20-16-42(17-21-48-25-27-50-23-19-43)28-32-9-7-11-34(40-32)36(44)46-5/h6-15,35H,16-28H2,1-5H3,(H,41,45). The fourth-order valence-corrected chi connectivity index (χ4v) is 5.51. The minimum Gasteiger partial charge on any atom is -0.464 e. The van der Waals surface area contributed by atoms with Gasteiger partial charge in [0, 0.05) is 44.1 Å². The van der Waals surface area contributed by atoms with E-state index in [2.05, 4.69) is 20.1 Å². The molecule has 1 saturated heterocycles. The number of hydrogen-bond donors (Lipinski definition) is 1. The van der Waals surface area contributed by atoms with E-state index in [-0.39, 0.29) is 11.7 Å². The van der Waals surface area contributed by atoms with E-state index in [1.54, 1.807) is 12.1 Å². The summed E-state index contributed by atoms with van der Waals surface area (Å²) in [6.07, 6.45) is -0.501. The first kappa shape index (κ1) is 39.8. The number of amides is 1. The van der Waals surface area contributed by atoms with Crippen LogP contribution in [0.1, 0.15) is 59.9 Å². The van der Waals surface area contributed by atoms with E-state index < -0.39 is 17.7 Å². The van der Waals surface area contributed by atoms with Gasteiger partial charge in [0.25, 0.3) is 0 Å². The predicted octanol–water partition coefficient (Wildman–Crippen LogP) is 4.89. The van der Waals surface area contributed by atoms with Crippen molar-refractivity contribution in [1.82, 2.24) is 19.8 Å². The zero-order valence-electron chi connectivity index (χ0n) is 30.6. The molecule has 1 fully saturated rings. The molecule has 3 aromatic rings. The minimum atomic E-state index is -0.591. The van der Waals surface area contributed by atoms with Crippen molar-refractivity contribution < 1.29 is 38.0 Å². The van der Waals surface area contributed by atoms with Gasteiger partial charge in [-0.15, -0.1) is 0 Å². The highest BCUT2D eigenvalue weighted by Gasteiger charge is 2.24. The maximum absolute atomic E-state index is 12.4. The van der Waals surface area contributed by atoms with E-state index in [0.29, 0.717) is 91.3 Å². The number of aromatic nitrogens is 2. The van der Waals surface area contributed by atoms with Crippen molar-refractivity contribution in [3.8, 4) is 0 Å². The summed E-state index contributed by atoms with van der Waals surface area (Å²) in [4.78, 5) is 38.2. The molecule has 278 valence electrons. The molecule has 3 heterocycles. The number of rotatable bonds is 7. The molecule has 1 amide bonds. The number of anilines is 1. The summed E-state index contributed by atoms with van der Waals surface area (Å²) in [6.45, 7) is 14.4. The minimum absolute atomic E-state index is 0.181. The predicted molar refractivity (Wildman–Crippen MR) is 193 cm³/mol. The van der Waals surface area contributed by atoms with E-state index >= 15 is 0 Å². The van der Waals surface area contributed by atoms with Gasteiger partial charge in [-0.1, -0.05) is 24.3 Å². The van der Waals surface area contributed by atoms with E-state index in [4.69, 9.17) is 33.4 Å². The van der Waals surface area contributed by atoms with Crippen LogP contribution >= 0.6 is 0 Å². The summed E-state index contributed by atoms with van der Waals surface area (Å²) in [6, 6.07) is 19.0. The van der Waals surface area contributed by atoms with Gasteiger partial charge in [-0.2, -0.15) is 0 Å². The summed E-state index contributed by atoms with van der Waals surface area (Å²) >= 11 is 0. The number of hydrogen-bond acceptors (Lipinski definition) is 12. The molecule has 1 aromatic carbocycles. The Morgan fingerprint density at radius 3 is 1.94 bits per heavy atom. The number of ether oxygens (including phenoxy) is 6. The monoisotopic (exact) mass is 707 g/mol. The van der Waals surface area contributed by atoms with E-state index in [1.807, 2.05) is 76.2 Å². The molecule has 0 saturated carbocycles. The van der Waals surface area contributed by atoms with Gasteiger partial charge in [-0.25, -0.2) is 14.6 Å². The van der Waals surface area contributed by atoms with E-state index in [9.17, 15) is 9.59 Å². The second-order valence-corrected chi connectivity index (χ2v) is 13.1. The van der Waals surface area contributed by atoms with Gasteiger partial charge in [-0.05, 0) is 69.7 Å². The zero-order valence-corrected chi connectivity index (χ0v) is 30.6. The highest BCUT2D eigenvalue weighted by molar-refractivity contribution is 5.87. The number of pyridine rings is 2. The van der Waals surface area contributed by atoms with Crippen molar-refractivity contribution in [1.29, 1.82) is 0 Å². The van der Waals surface area contributed by atoms with Crippen LogP contribution in [0.3, 0.4) is 0 Å². The van der Waals surface area contributed by atoms with Crippen molar-refractivity contribution in [2.75, 3.05) is 91.5 Å². The Bertz CT molecular complexity index is 1480. The van der Waals surface area contributed by atoms with Crippen LogP contribution < -0.4 is 5.32 Å². The van der Waals surface area contributed by atoms with Crippen molar-refractivity contribution in [2.24, 2.45) is 0 Å². The maximum Gasteiger partial charge on any atom is 0.412 e. The highest BCUT2D eigenvalue weighted by atomic mass is 16.6. The molecule has 1 N–H and O–H groups in total. The van der Waals surface area contributed by atoms with Crippen LogP contribution in [0.25, 0.3) is 0 Å². The first-order valence-electron chi connectivity index (χ1n) is 17.5. The van der Waals surface area contributed by atoms with Crippen molar-refractivity contribution in [3.05, 3.63) is 89.0 Å². The number of carbonyl (C=O) groups is 2. The summed E-state index contributed by atoms with van der Waals surface area (Å²) in [5, 5.41) is 2.81. The Kier molecular flexibility index (Phi) is 16.2. The number of nitrogens with one attached hydrogen (secondary N) is 1. The number of aryl methyl sites for hydroxylation is 1. The van der Waals surface area contributed by atoms with Gasteiger partial charge in [0.1, 0.15) is 11.3 Å². The van der Waals surface area contributed by atoms with Crippen LogP contribution in [0.15, 0.2) is 60.7 Å². The Labute approximate surface area is 301 Å². The van der Waals surface area contributed by atoms with Gasteiger partial charge >= 0.3 is 12.1 Å². The molecule has 13 nitrogen and oxygen atoms in total. The van der Waals surface area contributed by atoms with Gasteiger partial charge in [0.05, 0.1) is 77.4 Å². The van der Waals surface area contributed by atoms with E-state index in [0.717, 1.165) is 22.6 Å². The average Bonchev–Trinajstić information content (AvgIpc) is 3.09. The first-order chi connectivity index (χ1) is 24.6. The Balaban J connectivity index is 1.39. The lowest BCUT2D eigenvalue weighted by molar-refractivity contribution is 0.00331. The van der Waals surface area contributed by atoms with Crippen molar-refractivity contribution in [2.45, 2.75) is 45.9 Å². The Morgan fingerprint density at radius 1 is 0.784 bits per heavy atom. The zero-order chi connectivity index (χ0) is 36.5. The number of carbonyl (C=O) groups excluding carboxylic acids is 2. The van der Waals surface area contributed by atoms with Gasteiger partial charge < -0.3 is 28.4 Å². The normalized spacial score (nSPS) is 17.4. The SMILES string of the molecule is COC(=O)c1cccc(CN2CCOCCOCCN(C(c3ccc(NC(=O)OC(C)(C)C)cc3)c3cccc(C)n3)CCOCCOCC2)n1. The number of esters is 1. The largest absolute Gasteiger partial charge is 0.464 e. The molecule has 0 radical (unpaired) electrons. The smallest absolute Gasteiger partial charge is 0.412 e. The van der Waals surface area contributed by atoms with Crippen molar-refractivity contribution >= 4 is 17.7 Å². The van der Waals surface area contributed by atoms with Crippen LogP contribution in [0.2, 0.25) is 0 Å². The van der Waals surface area contributed by atoms with Crippen molar-refractivity contribution in [3.63, 3.8) is 0 Å². The van der Waals surface area contributed by atoms with Crippen LogP contribution in [-0.2, 0) is 35.0 Å². The Hall–Kier alpha value is -3.98. The fourth-order valence-electron chi connectivity index (χ4n) is 5.51. The average molecular weight is 708 g/mol. The highest BCUT2D eigenvalue weighted by Crippen LogP contribution is 2.29. The molecular weight excluding hydrogens is 654 g/mol. The topological polar surface area (TPSA) is 134 Å². The fraction of sp³-hybridized carbons (Fsp3) is 0.526. The second kappa shape index (κ2) is 20.8. The first-order valence-corrected chi connectivity index (χ1v) is 17.5.